The molecule has 2 amide bonds. The van der Waals surface area contributed by atoms with E-state index in [1.165, 1.54) is 5.69 Å². The van der Waals surface area contributed by atoms with Crippen molar-refractivity contribution in [2.75, 3.05) is 37.6 Å². The largest absolute Gasteiger partial charge is 0.371 e. The third-order valence-corrected chi connectivity index (χ3v) is 5.00. The second-order valence-electron chi connectivity index (χ2n) is 6.87. The number of carbonyl (C=O) groups excluding carboxylic acids is 2. The van der Waals surface area contributed by atoms with Crippen molar-refractivity contribution in [3.63, 3.8) is 0 Å². The molecule has 5 nitrogen and oxygen atoms in total. The van der Waals surface area contributed by atoms with Crippen LogP contribution in [0.2, 0.25) is 0 Å². The molecular formula is C19H27N3O2. The van der Waals surface area contributed by atoms with Gasteiger partial charge in [-0.3, -0.25) is 9.59 Å². The summed E-state index contributed by atoms with van der Waals surface area (Å²) in [6.45, 7) is 3.65. The molecule has 0 radical (unpaired) electrons. The molecule has 130 valence electrons. The van der Waals surface area contributed by atoms with Gasteiger partial charge < -0.3 is 15.1 Å². The van der Waals surface area contributed by atoms with Crippen molar-refractivity contribution in [1.82, 2.24) is 10.2 Å². The molecule has 2 fully saturated rings. The lowest BCUT2D eigenvalue weighted by Gasteiger charge is -2.21. The Morgan fingerprint density at radius 1 is 1.12 bits per heavy atom. The molecule has 0 unspecified atom stereocenters. The Labute approximate surface area is 144 Å². The molecule has 2 heterocycles. The number of para-hydroxylation sites is 1. The molecule has 1 aromatic rings. The zero-order valence-corrected chi connectivity index (χ0v) is 14.2. The van der Waals surface area contributed by atoms with Crippen molar-refractivity contribution < 1.29 is 9.59 Å². The van der Waals surface area contributed by atoms with Crippen LogP contribution in [0.5, 0.6) is 0 Å². The van der Waals surface area contributed by atoms with E-state index in [-0.39, 0.29) is 18.4 Å². The fourth-order valence-corrected chi connectivity index (χ4v) is 3.57. The lowest BCUT2D eigenvalue weighted by atomic mass is 10.1. The van der Waals surface area contributed by atoms with Crippen molar-refractivity contribution in [1.29, 1.82) is 0 Å². The van der Waals surface area contributed by atoms with Crippen LogP contribution in [0, 0.1) is 5.92 Å². The van der Waals surface area contributed by atoms with Gasteiger partial charge in [-0.05, 0) is 37.3 Å². The molecule has 0 saturated carbocycles. The second kappa shape index (κ2) is 8.18. The Morgan fingerprint density at radius 2 is 1.96 bits per heavy atom. The minimum absolute atomic E-state index is 0.0246. The number of carbonyl (C=O) groups is 2. The van der Waals surface area contributed by atoms with E-state index in [9.17, 15) is 9.59 Å². The van der Waals surface area contributed by atoms with Crippen molar-refractivity contribution >= 4 is 17.5 Å². The molecule has 0 bridgehead atoms. The van der Waals surface area contributed by atoms with Crippen LogP contribution in [-0.4, -0.2) is 49.4 Å². The molecule has 5 heteroatoms. The molecule has 0 aliphatic carbocycles. The van der Waals surface area contributed by atoms with E-state index in [1.54, 1.807) is 4.90 Å². The quantitative estimate of drug-likeness (QED) is 0.899. The Balaban J connectivity index is 1.41. The predicted molar refractivity (Wildman–Crippen MR) is 94.8 cm³/mol. The number of amides is 2. The first-order valence-corrected chi connectivity index (χ1v) is 9.07. The van der Waals surface area contributed by atoms with Gasteiger partial charge in [0, 0.05) is 38.3 Å². The number of nitrogens with zero attached hydrogens (tertiary/aromatic N) is 2. The van der Waals surface area contributed by atoms with Gasteiger partial charge in [-0.15, -0.1) is 0 Å². The average Bonchev–Trinajstić information content (AvgIpc) is 2.99. The molecule has 2 saturated heterocycles. The first-order chi connectivity index (χ1) is 11.7. The monoisotopic (exact) mass is 329 g/mol. The van der Waals surface area contributed by atoms with Crippen LogP contribution in [0.15, 0.2) is 30.3 Å². The summed E-state index contributed by atoms with van der Waals surface area (Å²) in [5, 5.41) is 3.03. The Hall–Kier alpha value is -2.04. The maximum atomic E-state index is 12.2. The van der Waals surface area contributed by atoms with Crippen molar-refractivity contribution in [3.8, 4) is 0 Å². The number of nitrogens with one attached hydrogen (secondary N) is 1. The molecule has 1 N–H and O–H groups in total. The molecule has 24 heavy (non-hydrogen) atoms. The van der Waals surface area contributed by atoms with E-state index in [4.69, 9.17) is 0 Å². The summed E-state index contributed by atoms with van der Waals surface area (Å²) in [6.07, 6.45) is 4.73. The Bertz CT molecular complexity index is 561. The van der Waals surface area contributed by atoms with E-state index in [0.717, 1.165) is 45.3 Å². The molecule has 3 rings (SSSR count). The van der Waals surface area contributed by atoms with Gasteiger partial charge in [0.25, 0.3) is 0 Å². The van der Waals surface area contributed by atoms with Gasteiger partial charge >= 0.3 is 0 Å². The van der Waals surface area contributed by atoms with Gasteiger partial charge in [0.2, 0.25) is 11.8 Å². The number of likely N-dealkylation sites (tertiary alicyclic amines) is 1. The fourth-order valence-electron chi connectivity index (χ4n) is 3.57. The summed E-state index contributed by atoms with van der Waals surface area (Å²) in [7, 11) is 0. The normalized spacial score (nSPS) is 21.7. The summed E-state index contributed by atoms with van der Waals surface area (Å²) < 4.78 is 0. The van der Waals surface area contributed by atoms with E-state index >= 15 is 0 Å². The number of hydrogen-bond acceptors (Lipinski definition) is 3. The summed E-state index contributed by atoms with van der Waals surface area (Å²) in [4.78, 5) is 28.2. The van der Waals surface area contributed by atoms with E-state index in [1.807, 2.05) is 6.07 Å². The zero-order valence-electron chi connectivity index (χ0n) is 14.2. The third kappa shape index (κ3) is 4.49. The van der Waals surface area contributed by atoms with Crippen molar-refractivity contribution in [3.05, 3.63) is 30.3 Å². The van der Waals surface area contributed by atoms with Gasteiger partial charge in [0.15, 0.2) is 0 Å². The van der Waals surface area contributed by atoms with Crippen LogP contribution >= 0.6 is 0 Å². The number of benzene rings is 1. The molecule has 0 spiro atoms. The fraction of sp³-hybridized carbons (Fsp3) is 0.579. The molecule has 2 aliphatic heterocycles. The molecular weight excluding hydrogens is 302 g/mol. The second-order valence-corrected chi connectivity index (χ2v) is 6.87. The standard InChI is InChI=1S/C19H27N3O2/c23-18(15-22-11-6-2-5-9-19(22)24)20-13-16-10-12-21(14-16)17-7-3-1-4-8-17/h1,3-4,7-8,16H,2,5-6,9-15H2,(H,20,23)/t16-/m0/s1. The molecule has 1 atom stereocenters. The van der Waals surface area contributed by atoms with Crippen LogP contribution in [0.1, 0.15) is 32.1 Å². The van der Waals surface area contributed by atoms with Crippen LogP contribution in [0.25, 0.3) is 0 Å². The highest BCUT2D eigenvalue weighted by molar-refractivity contribution is 5.84. The van der Waals surface area contributed by atoms with Gasteiger partial charge in [0.05, 0.1) is 6.54 Å². The predicted octanol–water partition coefficient (Wildman–Crippen LogP) is 2.03. The van der Waals surface area contributed by atoms with Crippen LogP contribution in [0.4, 0.5) is 5.69 Å². The van der Waals surface area contributed by atoms with Gasteiger partial charge in [-0.1, -0.05) is 24.6 Å². The highest BCUT2D eigenvalue weighted by Crippen LogP contribution is 2.22. The molecule has 1 aromatic carbocycles. The lowest BCUT2D eigenvalue weighted by Crippen LogP contribution is -2.42. The number of anilines is 1. The smallest absolute Gasteiger partial charge is 0.239 e. The minimum atomic E-state index is -0.0246. The van der Waals surface area contributed by atoms with E-state index in [0.29, 0.717) is 18.9 Å². The Kier molecular flexibility index (Phi) is 5.72. The topological polar surface area (TPSA) is 52.7 Å². The summed E-state index contributed by atoms with van der Waals surface area (Å²) in [6, 6.07) is 10.4. The average molecular weight is 329 g/mol. The maximum absolute atomic E-state index is 12.2. The third-order valence-electron chi connectivity index (χ3n) is 5.00. The molecule has 2 aliphatic rings. The van der Waals surface area contributed by atoms with Crippen LogP contribution < -0.4 is 10.2 Å². The van der Waals surface area contributed by atoms with Crippen molar-refractivity contribution in [2.45, 2.75) is 32.1 Å². The highest BCUT2D eigenvalue weighted by atomic mass is 16.2. The first kappa shape index (κ1) is 16.8. The molecule has 0 aromatic heterocycles. The SMILES string of the molecule is O=C(CN1CCCCCC1=O)NC[C@@H]1CCN(c2ccccc2)C1. The highest BCUT2D eigenvalue weighted by Gasteiger charge is 2.24. The number of rotatable bonds is 5. The summed E-state index contributed by atoms with van der Waals surface area (Å²) in [5.74, 6) is 0.580. The number of hydrogen-bond donors (Lipinski definition) is 1. The Morgan fingerprint density at radius 3 is 2.79 bits per heavy atom. The van der Waals surface area contributed by atoms with Crippen molar-refractivity contribution in [2.24, 2.45) is 5.92 Å². The minimum Gasteiger partial charge on any atom is -0.371 e. The lowest BCUT2D eigenvalue weighted by molar-refractivity contribution is -0.135. The van der Waals surface area contributed by atoms with Crippen LogP contribution in [-0.2, 0) is 9.59 Å². The summed E-state index contributed by atoms with van der Waals surface area (Å²) >= 11 is 0. The van der Waals surface area contributed by atoms with Gasteiger partial charge in [-0.25, -0.2) is 0 Å². The summed E-state index contributed by atoms with van der Waals surface area (Å²) in [5.41, 5.74) is 1.25. The van der Waals surface area contributed by atoms with Gasteiger partial charge in [0.1, 0.15) is 0 Å². The van der Waals surface area contributed by atoms with Crippen LogP contribution in [0.3, 0.4) is 0 Å². The zero-order chi connectivity index (χ0) is 16.8. The van der Waals surface area contributed by atoms with Gasteiger partial charge in [-0.2, -0.15) is 0 Å². The van der Waals surface area contributed by atoms with E-state index < -0.39 is 0 Å². The first-order valence-electron chi connectivity index (χ1n) is 9.07. The van der Waals surface area contributed by atoms with E-state index in [2.05, 4.69) is 34.5 Å². The maximum Gasteiger partial charge on any atom is 0.239 e.